The van der Waals surface area contributed by atoms with E-state index in [4.69, 9.17) is 17.3 Å². The Morgan fingerprint density at radius 3 is 2.75 bits per heavy atom. The van der Waals surface area contributed by atoms with Gasteiger partial charge in [0.2, 0.25) is 0 Å². The zero-order valence-corrected chi connectivity index (χ0v) is 11.9. The lowest BCUT2D eigenvalue weighted by Crippen LogP contribution is -2.13. The van der Waals surface area contributed by atoms with Crippen LogP contribution in [0.1, 0.15) is 22.7 Å². The molecule has 0 fully saturated rings. The molecule has 100 valence electrons. The Morgan fingerprint density at radius 2 is 1.95 bits per heavy atom. The fraction of sp³-hybridized carbons (Fsp3) is 0.118. The second-order valence-electron chi connectivity index (χ2n) is 4.93. The van der Waals surface area contributed by atoms with Gasteiger partial charge in [-0.2, -0.15) is 0 Å². The predicted octanol–water partition coefficient (Wildman–Crippen LogP) is 4.24. The van der Waals surface area contributed by atoms with Gasteiger partial charge >= 0.3 is 0 Å². The summed E-state index contributed by atoms with van der Waals surface area (Å²) >= 11 is 6.00. The van der Waals surface area contributed by atoms with E-state index in [1.807, 2.05) is 49.4 Å². The van der Waals surface area contributed by atoms with Gasteiger partial charge in [-0.05, 0) is 53.9 Å². The second kappa shape index (κ2) is 5.23. The predicted molar refractivity (Wildman–Crippen MR) is 84.0 cm³/mol. The van der Waals surface area contributed by atoms with E-state index in [0.29, 0.717) is 0 Å². The van der Waals surface area contributed by atoms with Gasteiger partial charge in [-0.15, -0.1) is 0 Å². The molecule has 1 unspecified atom stereocenters. The van der Waals surface area contributed by atoms with Crippen molar-refractivity contribution in [2.24, 2.45) is 5.73 Å². The molecule has 2 aromatic carbocycles. The average Bonchev–Trinajstić information content (AvgIpc) is 2.46. The first-order chi connectivity index (χ1) is 9.65. The minimum Gasteiger partial charge on any atom is -0.320 e. The third kappa shape index (κ3) is 2.40. The molecule has 2 nitrogen and oxygen atoms in total. The number of aryl methyl sites for hydroxylation is 1. The summed E-state index contributed by atoms with van der Waals surface area (Å²) in [5, 5.41) is 1.84. The Balaban J connectivity index is 2.05. The minimum absolute atomic E-state index is 0.156. The van der Waals surface area contributed by atoms with E-state index < -0.39 is 0 Å². The summed E-state index contributed by atoms with van der Waals surface area (Å²) < 4.78 is 0. The quantitative estimate of drug-likeness (QED) is 0.763. The maximum absolute atomic E-state index is 6.39. The number of benzene rings is 2. The van der Waals surface area contributed by atoms with Crippen molar-refractivity contribution in [3.63, 3.8) is 0 Å². The number of nitrogens with two attached hydrogens (primary N) is 1. The summed E-state index contributed by atoms with van der Waals surface area (Å²) in [6, 6.07) is 15.8. The van der Waals surface area contributed by atoms with Crippen LogP contribution in [0.2, 0.25) is 5.02 Å². The van der Waals surface area contributed by atoms with Gasteiger partial charge < -0.3 is 5.73 Å². The van der Waals surface area contributed by atoms with Crippen molar-refractivity contribution in [1.82, 2.24) is 4.98 Å². The molecule has 0 aliphatic rings. The molecule has 1 heterocycles. The highest BCUT2D eigenvalue weighted by Crippen LogP contribution is 2.26. The highest BCUT2D eigenvalue weighted by molar-refractivity contribution is 6.30. The maximum atomic E-state index is 6.39. The highest BCUT2D eigenvalue weighted by atomic mass is 35.5. The summed E-state index contributed by atoms with van der Waals surface area (Å²) in [6.07, 6.45) is 1.80. The van der Waals surface area contributed by atoms with Crippen molar-refractivity contribution >= 4 is 22.5 Å². The van der Waals surface area contributed by atoms with Crippen molar-refractivity contribution < 1.29 is 0 Å². The minimum atomic E-state index is -0.156. The Bertz CT molecular complexity index is 768. The van der Waals surface area contributed by atoms with Crippen LogP contribution in [0, 0.1) is 6.92 Å². The zero-order valence-electron chi connectivity index (χ0n) is 11.2. The summed E-state index contributed by atoms with van der Waals surface area (Å²) in [7, 11) is 0. The molecule has 3 aromatic rings. The van der Waals surface area contributed by atoms with Crippen molar-refractivity contribution in [2.75, 3.05) is 0 Å². The fourth-order valence-electron chi connectivity index (χ4n) is 2.46. The molecule has 0 radical (unpaired) electrons. The van der Waals surface area contributed by atoms with Gasteiger partial charge in [0.15, 0.2) is 0 Å². The van der Waals surface area contributed by atoms with Crippen molar-refractivity contribution in [1.29, 1.82) is 0 Å². The number of aromatic nitrogens is 1. The number of fused-ring (bicyclic) bond motifs is 1. The topological polar surface area (TPSA) is 38.9 Å². The molecular formula is C17H15ClN2. The molecule has 0 amide bonds. The largest absolute Gasteiger partial charge is 0.320 e. The Kier molecular flexibility index (Phi) is 3.43. The Hall–Kier alpha value is -1.90. The molecule has 0 saturated heterocycles. The highest BCUT2D eigenvalue weighted by Gasteiger charge is 2.12. The molecule has 3 rings (SSSR count). The van der Waals surface area contributed by atoms with Crippen LogP contribution in [0.3, 0.4) is 0 Å². The SMILES string of the molecule is Cc1cc(Cl)ccc1C(N)c1ccc2ncccc2c1. The van der Waals surface area contributed by atoms with Crippen molar-refractivity contribution in [3.05, 3.63) is 76.4 Å². The van der Waals surface area contributed by atoms with Gasteiger partial charge in [-0.25, -0.2) is 0 Å². The second-order valence-corrected chi connectivity index (χ2v) is 5.37. The third-order valence-corrected chi connectivity index (χ3v) is 3.79. The summed E-state index contributed by atoms with van der Waals surface area (Å²) in [4.78, 5) is 4.33. The number of halogens is 1. The van der Waals surface area contributed by atoms with Gasteiger partial charge in [0.1, 0.15) is 0 Å². The first-order valence-corrected chi connectivity index (χ1v) is 6.89. The number of nitrogens with zero attached hydrogens (tertiary/aromatic N) is 1. The summed E-state index contributed by atoms with van der Waals surface area (Å²) in [5.74, 6) is 0. The maximum Gasteiger partial charge on any atom is 0.0702 e. The normalized spacial score (nSPS) is 12.6. The molecule has 2 N–H and O–H groups in total. The molecule has 0 saturated carbocycles. The van der Waals surface area contributed by atoms with E-state index in [-0.39, 0.29) is 6.04 Å². The van der Waals surface area contributed by atoms with E-state index in [0.717, 1.165) is 32.6 Å². The van der Waals surface area contributed by atoms with Gasteiger partial charge in [-0.1, -0.05) is 29.8 Å². The van der Waals surface area contributed by atoms with Crippen LogP contribution in [-0.2, 0) is 0 Å². The van der Waals surface area contributed by atoms with E-state index in [2.05, 4.69) is 11.1 Å². The zero-order chi connectivity index (χ0) is 14.1. The summed E-state index contributed by atoms with van der Waals surface area (Å²) in [5.41, 5.74) is 10.7. The van der Waals surface area contributed by atoms with E-state index in [9.17, 15) is 0 Å². The van der Waals surface area contributed by atoms with E-state index in [1.165, 1.54) is 0 Å². The standard InChI is InChI=1S/C17H15ClN2/c1-11-9-14(18)5-6-15(11)17(19)13-4-7-16-12(10-13)3-2-8-20-16/h2-10,17H,19H2,1H3. The van der Waals surface area contributed by atoms with Gasteiger partial charge in [0, 0.05) is 16.6 Å². The molecule has 3 heteroatoms. The van der Waals surface area contributed by atoms with E-state index >= 15 is 0 Å². The summed E-state index contributed by atoms with van der Waals surface area (Å²) in [6.45, 7) is 2.03. The van der Waals surface area contributed by atoms with Gasteiger partial charge in [0.25, 0.3) is 0 Å². The van der Waals surface area contributed by atoms with Crippen LogP contribution < -0.4 is 5.73 Å². The lowest BCUT2D eigenvalue weighted by Gasteiger charge is -2.16. The molecule has 0 aliphatic carbocycles. The molecule has 0 bridgehead atoms. The number of hydrogen-bond acceptors (Lipinski definition) is 2. The monoisotopic (exact) mass is 282 g/mol. The van der Waals surface area contributed by atoms with E-state index in [1.54, 1.807) is 6.20 Å². The van der Waals surface area contributed by atoms with Gasteiger partial charge in [-0.3, -0.25) is 4.98 Å². The number of hydrogen-bond donors (Lipinski definition) is 1. The van der Waals surface area contributed by atoms with Gasteiger partial charge in [0.05, 0.1) is 11.6 Å². The molecule has 20 heavy (non-hydrogen) atoms. The Morgan fingerprint density at radius 1 is 1.10 bits per heavy atom. The molecule has 1 aromatic heterocycles. The fourth-order valence-corrected chi connectivity index (χ4v) is 2.68. The lowest BCUT2D eigenvalue weighted by molar-refractivity contribution is 0.863. The van der Waals surface area contributed by atoms with Crippen LogP contribution in [-0.4, -0.2) is 4.98 Å². The third-order valence-electron chi connectivity index (χ3n) is 3.55. The van der Waals surface area contributed by atoms with Crippen LogP contribution in [0.15, 0.2) is 54.7 Å². The first-order valence-electron chi connectivity index (χ1n) is 6.51. The first kappa shape index (κ1) is 13.1. The smallest absolute Gasteiger partial charge is 0.0702 e. The van der Waals surface area contributed by atoms with Crippen LogP contribution >= 0.6 is 11.6 Å². The van der Waals surface area contributed by atoms with Crippen LogP contribution in [0.4, 0.5) is 0 Å². The lowest BCUT2D eigenvalue weighted by atomic mass is 9.95. The molecular weight excluding hydrogens is 268 g/mol. The molecule has 0 spiro atoms. The Labute approximate surface area is 123 Å². The van der Waals surface area contributed by atoms with Crippen molar-refractivity contribution in [3.8, 4) is 0 Å². The number of pyridine rings is 1. The number of rotatable bonds is 2. The average molecular weight is 283 g/mol. The van der Waals surface area contributed by atoms with Crippen LogP contribution in [0.5, 0.6) is 0 Å². The van der Waals surface area contributed by atoms with Crippen LogP contribution in [0.25, 0.3) is 10.9 Å². The molecule has 1 atom stereocenters. The van der Waals surface area contributed by atoms with Crippen molar-refractivity contribution in [2.45, 2.75) is 13.0 Å². The molecule has 0 aliphatic heterocycles.